The third kappa shape index (κ3) is 12.7. The van der Waals surface area contributed by atoms with Gasteiger partial charge >= 0.3 is 0 Å². The van der Waals surface area contributed by atoms with Gasteiger partial charge in [-0.3, -0.25) is 0 Å². The second-order valence-electron chi connectivity index (χ2n) is 20.2. The van der Waals surface area contributed by atoms with Gasteiger partial charge in [0.05, 0.1) is 26.4 Å². The predicted octanol–water partition coefficient (Wildman–Crippen LogP) is 8.86. The van der Waals surface area contributed by atoms with Crippen molar-refractivity contribution in [3.8, 4) is 37.0 Å². The average Bonchev–Trinajstić information content (AvgIpc) is 3.72. The molecular weight excluding hydrogens is 1050 g/mol. The number of hydrogen-bond acceptors (Lipinski definition) is 16. The lowest BCUT2D eigenvalue weighted by Crippen LogP contribution is -2.69. The van der Waals surface area contributed by atoms with Gasteiger partial charge in [-0.2, -0.15) is 0 Å². The molecular formula is C65H62O15S. The Morgan fingerprint density at radius 2 is 0.827 bits per heavy atom. The summed E-state index contributed by atoms with van der Waals surface area (Å²) in [5, 5.41) is 2.17. The molecule has 418 valence electrons. The smallest absolute Gasteiger partial charge is 0.187 e. The fraction of sp³-hybridized carbons (Fsp3) is 0.385. The minimum Gasteiger partial charge on any atom is -0.368 e. The molecule has 0 amide bonds. The van der Waals surface area contributed by atoms with E-state index in [1.807, 2.05) is 140 Å². The molecule has 6 aliphatic rings. The van der Waals surface area contributed by atoms with Crippen LogP contribution in [-0.4, -0.2) is 131 Å². The Balaban J connectivity index is 0.915. The fourth-order valence-electron chi connectivity index (χ4n) is 11.2. The predicted molar refractivity (Wildman–Crippen MR) is 296 cm³/mol. The summed E-state index contributed by atoms with van der Waals surface area (Å²) in [7, 11) is 0. The Labute approximate surface area is 475 Å². The number of hydrogen-bond donors (Lipinski definition) is 0. The number of rotatable bonds is 18. The molecule has 81 heavy (non-hydrogen) atoms. The van der Waals surface area contributed by atoms with Crippen LogP contribution in [-0.2, 0) is 77.7 Å². The van der Waals surface area contributed by atoms with E-state index in [1.54, 1.807) is 0 Å². The van der Waals surface area contributed by atoms with Crippen LogP contribution in [0.25, 0.3) is 10.8 Å². The molecule has 18 atom stereocenters. The first-order chi connectivity index (χ1) is 40.0. The first-order valence-corrected chi connectivity index (χ1v) is 28.1. The van der Waals surface area contributed by atoms with E-state index in [9.17, 15) is 0 Å². The molecule has 12 rings (SSSR count). The van der Waals surface area contributed by atoms with Crippen LogP contribution in [0.1, 0.15) is 41.1 Å². The van der Waals surface area contributed by atoms with Crippen LogP contribution in [0.2, 0.25) is 0 Å². The molecule has 6 saturated heterocycles. The summed E-state index contributed by atoms with van der Waals surface area (Å²) >= 11 is 1.47. The highest BCUT2D eigenvalue weighted by atomic mass is 32.2. The zero-order chi connectivity index (χ0) is 54.9. The first kappa shape index (κ1) is 55.5. The highest BCUT2D eigenvalue weighted by molar-refractivity contribution is 7.99. The number of thioether (sulfide) groups is 1. The van der Waals surface area contributed by atoms with E-state index >= 15 is 0 Å². The van der Waals surface area contributed by atoms with Gasteiger partial charge in [-0.05, 0) is 34.5 Å². The maximum atomic E-state index is 7.42. The molecule has 0 unspecified atom stereocenters. The van der Waals surface area contributed by atoms with Crippen molar-refractivity contribution in [2.75, 3.05) is 39.6 Å². The average molecular weight is 1120 g/mol. The lowest BCUT2D eigenvalue weighted by Gasteiger charge is -2.54. The Kier molecular flexibility index (Phi) is 18.2. The van der Waals surface area contributed by atoms with Gasteiger partial charge in [0.2, 0.25) is 0 Å². The largest absolute Gasteiger partial charge is 0.368 e. The minimum atomic E-state index is -1.26. The third-order valence-electron chi connectivity index (χ3n) is 15.0. The van der Waals surface area contributed by atoms with Gasteiger partial charge in [0.15, 0.2) is 31.5 Å². The van der Waals surface area contributed by atoms with Crippen molar-refractivity contribution >= 4 is 22.5 Å². The monoisotopic (exact) mass is 1110 g/mol. The molecule has 0 aromatic heterocycles. The Morgan fingerprint density at radius 1 is 0.407 bits per heavy atom. The molecule has 6 aromatic carbocycles. The minimum absolute atomic E-state index is 0.0584. The van der Waals surface area contributed by atoms with Crippen molar-refractivity contribution < 1.29 is 71.1 Å². The number of ether oxygens (including phenoxy) is 15. The molecule has 0 N–H and O–H groups in total. The van der Waals surface area contributed by atoms with E-state index in [-0.39, 0.29) is 46.2 Å². The van der Waals surface area contributed by atoms with Crippen LogP contribution < -0.4 is 0 Å². The van der Waals surface area contributed by atoms with Crippen molar-refractivity contribution in [3.05, 3.63) is 186 Å². The quantitative estimate of drug-likeness (QED) is 0.0757. The second-order valence-corrected chi connectivity index (χ2v) is 21.4. The molecule has 0 aliphatic carbocycles. The molecule has 6 fully saturated rings. The number of benzene rings is 6. The van der Waals surface area contributed by atoms with Gasteiger partial charge in [-0.25, -0.2) is 0 Å². The molecule has 6 aromatic rings. The summed E-state index contributed by atoms with van der Waals surface area (Å²) in [6, 6.07) is 53.2. The van der Waals surface area contributed by atoms with E-state index in [0.717, 1.165) is 37.9 Å². The molecule has 0 spiro atoms. The molecule has 6 heterocycles. The highest BCUT2D eigenvalue weighted by Gasteiger charge is 2.60. The topological polar surface area (TPSA) is 138 Å². The Morgan fingerprint density at radius 3 is 1.33 bits per heavy atom. The van der Waals surface area contributed by atoms with Crippen molar-refractivity contribution in [2.24, 2.45) is 0 Å². The molecule has 0 bridgehead atoms. The van der Waals surface area contributed by atoms with E-state index in [1.165, 1.54) is 11.8 Å². The van der Waals surface area contributed by atoms with Crippen LogP contribution in [0.5, 0.6) is 0 Å². The second kappa shape index (κ2) is 26.5. The first-order valence-electron chi connectivity index (χ1n) is 27.2. The van der Waals surface area contributed by atoms with Gasteiger partial charge in [0, 0.05) is 21.6 Å². The van der Waals surface area contributed by atoms with Gasteiger partial charge in [-0.1, -0.05) is 175 Å². The Hall–Kier alpha value is -5.99. The zero-order valence-electron chi connectivity index (χ0n) is 44.2. The van der Waals surface area contributed by atoms with Crippen molar-refractivity contribution in [2.45, 2.75) is 122 Å². The number of fused-ring (bicyclic) bond motifs is 4. The molecule has 0 saturated carbocycles. The van der Waals surface area contributed by atoms with Crippen molar-refractivity contribution in [3.63, 3.8) is 0 Å². The lowest BCUT2D eigenvalue weighted by molar-refractivity contribution is -0.419. The molecule has 0 radical (unpaired) electrons. The summed E-state index contributed by atoms with van der Waals surface area (Å²) in [6.07, 6.45) is 2.74. The lowest BCUT2D eigenvalue weighted by atomic mass is 9.94. The summed E-state index contributed by atoms with van der Waals surface area (Å²) in [5.74, 6) is 7.95. The van der Waals surface area contributed by atoms with E-state index in [4.69, 9.17) is 90.3 Å². The van der Waals surface area contributed by atoms with Crippen LogP contribution >= 0.6 is 11.8 Å². The maximum Gasteiger partial charge on any atom is 0.187 e. The molecule has 16 heteroatoms. The van der Waals surface area contributed by atoms with E-state index < -0.39 is 110 Å². The van der Waals surface area contributed by atoms with Crippen LogP contribution in [0, 0.1) is 37.0 Å². The van der Waals surface area contributed by atoms with Crippen LogP contribution in [0.15, 0.2) is 169 Å². The Bertz CT molecular complexity index is 3100. The van der Waals surface area contributed by atoms with Gasteiger partial charge < -0.3 is 71.1 Å². The van der Waals surface area contributed by atoms with Gasteiger partial charge in [0.25, 0.3) is 0 Å². The highest BCUT2D eigenvalue weighted by Crippen LogP contribution is 2.45. The van der Waals surface area contributed by atoms with Crippen LogP contribution in [0.3, 0.4) is 0 Å². The summed E-state index contributed by atoms with van der Waals surface area (Å²) < 4.78 is 103. The summed E-state index contributed by atoms with van der Waals surface area (Å²) in [4.78, 5) is 0.930. The zero-order valence-corrected chi connectivity index (χ0v) is 45.0. The maximum absolute atomic E-state index is 7.42. The standard InChI is InChI=1S/C65H62O15S/c1-4-33-66-57-54(69-37-41-31-32-42-21-19-20-28-46(42)36-41)51-48(38-70-60(76-51)43-22-11-7-12-23-43)73-63(57)79-55-52-49(39-71-61(77-52)44-24-13-8-14-25-44)74-64(58(55)67-34-5-2)80-56-53-50(40-72-62(78-53)45-26-15-9-16-27-45)75-65(59(56)68-35-6-3)81-47-29-17-10-18-30-47/h1-3,7-32,36,48-65H,33-35,37-40H2/t48-,49-,50-,51-,52-,53-,54+,55+,56+,57+,58+,59+,60-,61-,62-,63+,64-,65-/m1/s1. The summed E-state index contributed by atoms with van der Waals surface area (Å²) in [6.45, 7) is 0.161. The molecule has 6 aliphatic heterocycles. The normalized spacial score (nSPS) is 33.6. The van der Waals surface area contributed by atoms with E-state index in [0.29, 0.717) is 0 Å². The van der Waals surface area contributed by atoms with E-state index in [2.05, 4.69) is 42.0 Å². The van der Waals surface area contributed by atoms with Gasteiger partial charge in [-0.15, -0.1) is 19.3 Å². The van der Waals surface area contributed by atoms with Gasteiger partial charge in [0.1, 0.15) is 98.5 Å². The van der Waals surface area contributed by atoms with Crippen molar-refractivity contribution in [1.82, 2.24) is 0 Å². The number of terminal acetylenes is 3. The SMILES string of the molecule is C#CCO[C@@H]1[C@H](O[C@@H]2[C@H](OCC#C)[C@@H](O[C@@H]3[C@H](OCC#C)[C@@H](Sc4ccccc4)O[C@@H]4CO[C@@H](c5ccccc5)O[C@@H]34)O[C@@H]3CO[C@@H](c4ccccc4)O[C@@H]23)O[C@@H]2CO[C@@H](c3ccccc3)O[C@H]2[C@@H]1OCc1ccc2ccccc2c1. The fourth-order valence-corrected chi connectivity index (χ4v) is 12.4. The third-order valence-corrected chi connectivity index (χ3v) is 16.1. The van der Waals surface area contributed by atoms with Crippen LogP contribution in [0.4, 0.5) is 0 Å². The summed E-state index contributed by atoms with van der Waals surface area (Å²) in [5.41, 5.74) is 2.68. The van der Waals surface area contributed by atoms with Crippen molar-refractivity contribution in [1.29, 1.82) is 0 Å². The molecule has 15 nitrogen and oxygen atoms in total.